The number of primary amides is 1. The van der Waals surface area contributed by atoms with Gasteiger partial charge in [-0.3, -0.25) is 0 Å². The van der Waals surface area contributed by atoms with Gasteiger partial charge in [-0.25, -0.2) is 4.79 Å². The van der Waals surface area contributed by atoms with Gasteiger partial charge in [0.25, 0.3) is 0 Å². The molecule has 1 atom stereocenters. The summed E-state index contributed by atoms with van der Waals surface area (Å²) in [5, 5.41) is 1.48. The van der Waals surface area contributed by atoms with E-state index in [1.54, 1.807) is 18.2 Å². The quantitative estimate of drug-likeness (QED) is 0.332. The number of nitrogens with zero attached hydrogens (tertiary/aromatic N) is 1. The van der Waals surface area contributed by atoms with Gasteiger partial charge < -0.3 is 10.6 Å². The third-order valence-corrected chi connectivity index (χ3v) is 6.49. The maximum Gasteiger partial charge on any atom is 0.399 e. The first-order chi connectivity index (χ1) is 15.5. The minimum Gasteiger partial charge on any atom is -0.351 e. The van der Waals surface area contributed by atoms with E-state index in [1.807, 2.05) is 25.1 Å². The number of rotatable bonds is 6. The molecule has 0 fully saturated rings. The van der Waals surface area contributed by atoms with Crippen LogP contribution in [0.1, 0.15) is 29.5 Å². The normalized spacial score (nSPS) is 12.9. The van der Waals surface area contributed by atoms with E-state index in [4.69, 9.17) is 40.5 Å². The van der Waals surface area contributed by atoms with E-state index >= 15 is 0 Å². The zero-order chi connectivity index (χ0) is 24.3. The lowest BCUT2D eigenvalue weighted by Gasteiger charge is -2.20. The van der Waals surface area contributed by atoms with E-state index in [0.717, 1.165) is 22.4 Å². The molecule has 3 aromatic carbocycles. The van der Waals surface area contributed by atoms with Crippen LogP contribution < -0.4 is 5.73 Å². The molecule has 0 saturated heterocycles. The summed E-state index contributed by atoms with van der Waals surface area (Å²) in [6.07, 6.45) is -2.08. The molecule has 0 aliphatic rings. The van der Waals surface area contributed by atoms with E-state index in [9.17, 15) is 18.0 Å². The molecule has 0 saturated carbocycles. The fourth-order valence-corrected chi connectivity index (χ4v) is 4.20. The van der Waals surface area contributed by atoms with Gasteiger partial charge in [-0.05, 0) is 46.5 Å². The van der Waals surface area contributed by atoms with Gasteiger partial charge in [-0.1, -0.05) is 83.4 Å². The summed E-state index contributed by atoms with van der Waals surface area (Å²) in [4.78, 5) is 13.1. The van der Waals surface area contributed by atoms with Crippen molar-refractivity contribution in [2.45, 2.75) is 25.6 Å². The second-order valence-corrected chi connectivity index (χ2v) is 8.58. The van der Waals surface area contributed by atoms with Crippen LogP contribution >= 0.6 is 34.8 Å². The number of amides is 2. The molecule has 0 spiro atoms. The van der Waals surface area contributed by atoms with Crippen LogP contribution in [0.3, 0.4) is 0 Å². The summed E-state index contributed by atoms with van der Waals surface area (Å²) in [5.41, 5.74) is 6.74. The Morgan fingerprint density at radius 3 is 2.21 bits per heavy atom. The van der Waals surface area contributed by atoms with Gasteiger partial charge in [0, 0.05) is 13.1 Å². The van der Waals surface area contributed by atoms with Crippen molar-refractivity contribution in [2.75, 3.05) is 6.54 Å². The fraction of sp³-hybridized carbons (Fsp3) is 0.208. The Morgan fingerprint density at radius 2 is 1.67 bits per heavy atom. The molecule has 0 heterocycles. The maximum atomic E-state index is 13.9. The van der Waals surface area contributed by atoms with Gasteiger partial charge in [-0.15, -0.1) is 0 Å². The lowest BCUT2D eigenvalue weighted by molar-refractivity contribution is -0.139. The van der Waals surface area contributed by atoms with Gasteiger partial charge in [0.1, 0.15) is 0 Å². The summed E-state index contributed by atoms with van der Waals surface area (Å²) < 4.78 is 41.7. The summed E-state index contributed by atoms with van der Waals surface area (Å²) in [6.45, 7) is 2.55. The van der Waals surface area contributed by atoms with Gasteiger partial charge in [0.05, 0.1) is 21.0 Å². The Kier molecular flexibility index (Phi) is 7.83. The Labute approximate surface area is 204 Å². The zero-order valence-electron chi connectivity index (χ0n) is 17.5. The summed E-state index contributed by atoms with van der Waals surface area (Å²) in [5.74, 6) is -1.94. The number of alkyl halides is 3. The smallest absolute Gasteiger partial charge is 0.351 e. The van der Waals surface area contributed by atoms with Crippen molar-refractivity contribution in [1.29, 1.82) is 0 Å². The zero-order valence-corrected chi connectivity index (χ0v) is 19.7. The molecule has 3 rings (SSSR count). The molecule has 2 amide bonds. The Hall–Kier alpha value is -2.41. The van der Waals surface area contributed by atoms with Crippen LogP contribution in [0.25, 0.3) is 16.8 Å². The highest BCUT2D eigenvalue weighted by Crippen LogP contribution is 2.41. The highest BCUT2D eigenvalue weighted by molar-refractivity contribution is 6.48. The fourth-order valence-electron chi connectivity index (χ4n) is 3.58. The Balaban J connectivity index is 2.05. The molecular formula is C24H20Cl3F3N2O. The topological polar surface area (TPSA) is 46.3 Å². The minimum atomic E-state index is -4.57. The molecule has 0 aromatic heterocycles. The van der Waals surface area contributed by atoms with E-state index in [-0.39, 0.29) is 20.6 Å². The highest BCUT2D eigenvalue weighted by atomic mass is 35.5. The number of benzene rings is 3. The van der Waals surface area contributed by atoms with Crippen molar-refractivity contribution < 1.29 is 18.0 Å². The van der Waals surface area contributed by atoms with Crippen LogP contribution in [-0.4, -0.2) is 23.7 Å². The van der Waals surface area contributed by atoms with Crippen LogP contribution in [0.2, 0.25) is 15.1 Å². The second kappa shape index (κ2) is 10.2. The maximum absolute atomic E-state index is 13.9. The van der Waals surface area contributed by atoms with Crippen molar-refractivity contribution in [2.24, 2.45) is 5.73 Å². The molecule has 0 aliphatic carbocycles. The number of nitrogens with two attached hydrogens (primary N) is 1. The Morgan fingerprint density at radius 1 is 1.06 bits per heavy atom. The van der Waals surface area contributed by atoms with E-state index in [1.165, 1.54) is 23.1 Å². The van der Waals surface area contributed by atoms with Crippen molar-refractivity contribution in [1.82, 2.24) is 4.90 Å². The summed E-state index contributed by atoms with van der Waals surface area (Å²) in [6, 6.07) is 12.6. The minimum absolute atomic E-state index is 0.00524. The standard InChI is InChI=1S/C24H20Cl3F3N2O/c1-2-32(23(31)33)13-15-8-7-14(17-5-3-4-6-18(15)17)9-10-19(24(28,29)30)16-11-20(25)22(27)21(26)12-16/h3-12,19H,2,13H2,1H3,(H2,31,33). The van der Waals surface area contributed by atoms with Crippen molar-refractivity contribution in [3.05, 3.63) is 86.4 Å². The second-order valence-electron chi connectivity index (χ2n) is 7.39. The first-order valence-corrected chi connectivity index (χ1v) is 11.1. The molecule has 2 N–H and O–H groups in total. The molecule has 174 valence electrons. The number of carbonyl (C=O) groups is 1. The SMILES string of the molecule is CCN(Cc1ccc(C=CC(c2cc(Cl)c(Cl)c(Cl)c2)C(F)(F)F)c2ccccc12)C(N)=O. The first-order valence-electron chi connectivity index (χ1n) is 9.97. The predicted molar refractivity (Wildman–Crippen MR) is 129 cm³/mol. The molecule has 3 aromatic rings. The van der Waals surface area contributed by atoms with Crippen LogP contribution in [0.15, 0.2) is 54.6 Å². The molecular weight excluding hydrogens is 496 g/mol. The number of hydrogen-bond donors (Lipinski definition) is 1. The van der Waals surface area contributed by atoms with Crippen molar-refractivity contribution >= 4 is 57.7 Å². The van der Waals surface area contributed by atoms with Gasteiger partial charge >= 0.3 is 12.2 Å². The molecule has 0 bridgehead atoms. The van der Waals surface area contributed by atoms with Gasteiger partial charge in [0.2, 0.25) is 0 Å². The Bertz CT molecular complexity index is 1190. The van der Waals surface area contributed by atoms with Gasteiger partial charge in [0.15, 0.2) is 0 Å². The lowest BCUT2D eigenvalue weighted by Crippen LogP contribution is -2.34. The number of carbonyl (C=O) groups excluding carboxylic acids is 1. The molecule has 3 nitrogen and oxygen atoms in total. The third kappa shape index (κ3) is 5.75. The van der Waals surface area contributed by atoms with Crippen molar-refractivity contribution in [3.8, 4) is 0 Å². The molecule has 9 heteroatoms. The van der Waals surface area contributed by atoms with Crippen LogP contribution in [0.5, 0.6) is 0 Å². The van der Waals surface area contributed by atoms with Crippen LogP contribution in [0.4, 0.5) is 18.0 Å². The van der Waals surface area contributed by atoms with E-state index in [0.29, 0.717) is 18.7 Å². The molecule has 0 aliphatic heterocycles. The average molecular weight is 516 g/mol. The number of fused-ring (bicyclic) bond motifs is 1. The molecule has 1 unspecified atom stereocenters. The highest BCUT2D eigenvalue weighted by Gasteiger charge is 2.39. The monoisotopic (exact) mass is 514 g/mol. The molecule has 0 radical (unpaired) electrons. The average Bonchev–Trinajstić information content (AvgIpc) is 2.75. The van der Waals surface area contributed by atoms with E-state index in [2.05, 4.69) is 0 Å². The predicted octanol–water partition coefficient (Wildman–Crippen LogP) is 8.06. The number of urea groups is 1. The number of halogens is 6. The van der Waals surface area contributed by atoms with Gasteiger partial charge in [-0.2, -0.15) is 13.2 Å². The summed E-state index contributed by atoms with van der Waals surface area (Å²) in [7, 11) is 0. The third-order valence-electron chi connectivity index (χ3n) is 5.29. The molecule has 33 heavy (non-hydrogen) atoms. The van der Waals surface area contributed by atoms with E-state index < -0.39 is 18.1 Å². The first kappa shape index (κ1) is 25.2. The number of hydrogen-bond acceptors (Lipinski definition) is 1. The number of allylic oxidation sites excluding steroid dienone is 1. The van der Waals surface area contributed by atoms with Crippen LogP contribution in [0, 0.1) is 0 Å². The lowest BCUT2D eigenvalue weighted by atomic mass is 9.94. The largest absolute Gasteiger partial charge is 0.399 e. The van der Waals surface area contributed by atoms with Crippen molar-refractivity contribution in [3.63, 3.8) is 0 Å². The van der Waals surface area contributed by atoms with Crippen LogP contribution in [-0.2, 0) is 6.54 Å². The summed E-state index contributed by atoms with van der Waals surface area (Å²) >= 11 is 17.8.